The van der Waals surface area contributed by atoms with Crippen LogP contribution in [0.3, 0.4) is 0 Å². The first-order valence-electron chi connectivity index (χ1n) is 4.84. The molecule has 0 aliphatic carbocycles. The van der Waals surface area contributed by atoms with Gasteiger partial charge in [-0.1, -0.05) is 0 Å². The minimum absolute atomic E-state index is 0.119. The summed E-state index contributed by atoms with van der Waals surface area (Å²) in [6.07, 6.45) is 3.29. The number of thiophene rings is 1. The van der Waals surface area contributed by atoms with Gasteiger partial charge in [0.15, 0.2) is 0 Å². The molecule has 2 rings (SSSR count). The summed E-state index contributed by atoms with van der Waals surface area (Å²) in [4.78, 5) is 11.7. The largest absolute Gasteiger partial charge is 0.480 e. The number of hydrogen-bond acceptors (Lipinski definition) is 4. The third-order valence-electron chi connectivity index (χ3n) is 2.02. The lowest BCUT2D eigenvalue weighted by atomic mass is 10.4. The number of carbonyl (C=O) groups is 1. The maximum Gasteiger partial charge on any atom is 0.325 e. The number of hydrogen-bond donors (Lipinski definition) is 2. The predicted octanol–water partition coefficient (Wildman–Crippen LogP) is 2.40. The lowest BCUT2D eigenvalue weighted by molar-refractivity contribution is -0.137. The van der Waals surface area contributed by atoms with Gasteiger partial charge in [-0.15, -0.1) is 11.3 Å². The van der Waals surface area contributed by atoms with E-state index in [1.165, 1.54) is 9.56 Å². The van der Waals surface area contributed by atoms with Crippen molar-refractivity contribution in [3.8, 4) is 0 Å². The maximum atomic E-state index is 10.5. The van der Waals surface area contributed by atoms with Gasteiger partial charge < -0.3 is 10.4 Å². The van der Waals surface area contributed by atoms with E-state index < -0.39 is 5.97 Å². The van der Waals surface area contributed by atoms with Crippen molar-refractivity contribution in [2.24, 2.45) is 0 Å². The van der Waals surface area contributed by atoms with Gasteiger partial charge in [-0.25, -0.2) is 0 Å². The number of rotatable bonds is 5. The molecule has 0 radical (unpaired) electrons. The Morgan fingerprint density at radius 3 is 3.12 bits per heavy atom. The number of carboxylic acid groups (broad SMARTS) is 1. The average Bonchev–Trinajstić information content (AvgIpc) is 2.84. The standard InChI is InChI=1S/C10H10BrN3O2S/c11-7-1-9(17-6-7)3-12-8-2-13-14(4-8)5-10(15)16/h1-2,4,6,12H,3,5H2,(H,15,16). The van der Waals surface area contributed by atoms with Crippen LogP contribution in [0.15, 0.2) is 28.3 Å². The molecule has 0 atom stereocenters. The Kier molecular flexibility index (Phi) is 3.80. The van der Waals surface area contributed by atoms with Crippen LogP contribution in [0.25, 0.3) is 0 Å². The Hall–Kier alpha value is -1.34. The van der Waals surface area contributed by atoms with E-state index in [2.05, 4.69) is 26.3 Å². The van der Waals surface area contributed by atoms with Gasteiger partial charge in [0.1, 0.15) is 6.54 Å². The van der Waals surface area contributed by atoms with Crippen molar-refractivity contribution in [3.05, 3.63) is 33.2 Å². The summed E-state index contributed by atoms with van der Waals surface area (Å²) in [7, 11) is 0. The van der Waals surface area contributed by atoms with Crippen LogP contribution in [-0.2, 0) is 17.9 Å². The summed E-state index contributed by atoms with van der Waals surface area (Å²) >= 11 is 5.05. The lowest BCUT2D eigenvalue weighted by Crippen LogP contribution is -2.08. The fourth-order valence-electron chi connectivity index (χ4n) is 1.32. The van der Waals surface area contributed by atoms with Gasteiger partial charge in [0.25, 0.3) is 0 Å². The van der Waals surface area contributed by atoms with E-state index in [1.54, 1.807) is 23.7 Å². The van der Waals surface area contributed by atoms with Crippen LogP contribution in [0.4, 0.5) is 5.69 Å². The average molecular weight is 316 g/mol. The molecule has 0 unspecified atom stereocenters. The van der Waals surface area contributed by atoms with Crippen LogP contribution in [0.1, 0.15) is 4.88 Å². The fraction of sp³-hybridized carbons (Fsp3) is 0.200. The number of aliphatic carboxylic acids is 1. The van der Waals surface area contributed by atoms with Gasteiger partial charge >= 0.3 is 5.97 Å². The number of aromatic nitrogens is 2. The van der Waals surface area contributed by atoms with Crippen LogP contribution in [-0.4, -0.2) is 20.9 Å². The molecular weight excluding hydrogens is 306 g/mol. The maximum absolute atomic E-state index is 10.5. The van der Waals surface area contributed by atoms with Gasteiger partial charge in [-0.05, 0) is 22.0 Å². The zero-order valence-electron chi connectivity index (χ0n) is 8.76. The number of nitrogens with one attached hydrogen (secondary N) is 1. The SMILES string of the molecule is O=C(O)Cn1cc(NCc2cc(Br)cs2)cn1. The summed E-state index contributed by atoms with van der Waals surface area (Å²) < 4.78 is 2.45. The summed E-state index contributed by atoms with van der Waals surface area (Å²) in [5.41, 5.74) is 0.816. The third kappa shape index (κ3) is 3.57. The zero-order chi connectivity index (χ0) is 12.3. The van der Waals surface area contributed by atoms with E-state index in [0.29, 0.717) is 6.54 Å². The number of carboxylic acids is 1. The minimum atomic E-state index is -0.901. The van der Waals surface area contributed by atoms with Gasteiger partial charge in [-0.3, -0.25) is 9.48 Å². The topological polar surface area (TPSA) is 67.2 Å². The quantitative estimate of drug-likeness (QED) is 0.889. The second-order valence-electron chi connectivity index (χ2n) is 3.41. The van der Waals surface area contributed by atoms with Crippen molar-refractivity contribution in [3.63, 3.8) is 0 Å². The molecule has 0 saturated carbocycles. The van der Waals surface area contributed by atoms with Crippen molar-refractivity contribution in [2.75, 3.05) is 5.32 Å². The van der Waals surface area contributed by atoms with Crippen LogP contribution < -0.4 is 5.32 Å². The number of nitrogens with zero attached hydrogens (tertiary/aromatic N) is 2. The Morgan fingerprint density at radius 1 is 1.65 bits per heavy atom. The van der Waals surface area contributed by atoms with Crippen molar-refractivity contribution in [1.29, 1.82) is 0 Å². The molecule has 0 bridgehead atoms. The molecule has 0 aliphatic rings. The molecule has 2 N–H and O–H groups in total. The first-order chi connectivity index (χ1) is 8.13. The smallest absolute Gasteiger partial charge is 0.325 e. The van der Waals surface area contributed by atoms with E-state index >= 15 is 0 Å². The Morgan fingerprint density at radius 2 is 2.47 bits per heavy atom. The molecular formula is C10H10BrN3O2S. The molecule has 17 heavy (non-hydrogen) atoms. The van der Waals surface area contributed by atoms with Crippen molar-refractivity contribution < 1.29 is 9.90 Å². The highest BCUT2D eigenvalue weighted by atomic mass is 79.9. The van der Waals surface area contributed by atoms with Gasteiger partial charge in [0.2, 0.25) is 0 Å². The fourth-order valence-corrected chi connectivity index (χ4v) is 2.71. The molecule has 2 aromatic rings. The van der Waals surface area contributed by atoms with Gasteiger partial charge in [0, 0.05) is 27.5 Å². The van der Waals surface area contributed by atoms with Crippen LogP contribution in [0.5, 0.6) is 0 Å². The molecule has 0 fully saturated rings. The van der Waals surface area contributed by atoms with Crippen molar-refractivity contribution in [2.45, 2.75) is 13.1 Å². The van der Waals surface area contributed by atoms with Crippen molar-refractivity contribution >= 4 is 38.9 Å². The zero-order valence-corrected chi connectivity index (χ0v) is 11.2. The van der Waals surface area contributed by atoms with E-state index in [-0.39, 0.29) is 6.54 Å². The van der Waals surface area contributed by atoms with Gasteiger partial charge in [0.05, 0.1) is 11.9 Å². The molecule has 2 aromatic heterocycles. The Labute approximate surface area is 110 Å². The summed E-state index contributed by atoms with van der Waals surface area (Å²) in [5, 5.41) is 17.7. The van der Waals surface area contributed by atoms with Crippen molar-refractivity contribution in [1.82, 2.24) is 9.78 Å². The first-order valence-corrected chi connectivity index (χ1v) is 6.52. The molecule has 5 nitrogen and oxygen atoms in total. The van der Waals surface area contributed by atoms with E-state index in [9.17, 15) is 4.79 Å². The molecule has 0 aromatic carbocycles. The third-order valence-corrected chi connectivity index (χ3v) is 3.72. The van der Waals surface area contributed by atoms with Crippen LogP contribution in [0, 0.1) is 0 Å². The monoisotopic (exact) mass is 315 g/mol. The lowest BCUT2D eigenvalue weighted by Gasteiger charge is -1.99. The number of anilines is 1. The molecule has 0 aliphatic heterocycles. The van der Waals surface area contributed by atoms with E-state index in [4.69, 9.17) is 5.11 Å². The summed E-state index contributed by atoms with van der Waals surface area (Å²) in [6.45, 7) is 0.585. The molecule has 2 heterocycles. The summed E-state index contributed by atoms with van der Waals surface area (Å²) in [6, 6.07) is 2.04. The summed E-state index contributed by atoms with van der Waals surface area (Å²) in [5.74, 6) is -0.901. The molecule has 0 spiro atoms. The Balaban J connectivity index is 1.91. The second kappa shape index (κ2) is 5.33. The van der Waals surface area contributed by atoms with E-state index in [0.717, 1.165) is 10.2 Å². The highest BCUT2D eigenvalue weighted by molar-refractivity contribution is 9.10. The van der Waals surface area contributed by atoms with Crippen LogP contribution >= 0.6 is 27.3 Å². The van der Waals surface area contributed by atoms with Crippen LogP contribution in [0.2, 0.25) is 0 Å². The normalized spacial score (nSPS) is 10.4. The first kappa shape index (κ1) is 12.1. The highest BCUT2D eigenvalue weighted by Gasteiger charge is 2.03. The van der Waals surface area contributed by atoms with E-state index in [1.807, 2.05) is 11.4 Å². The number of halogens is 1. The molecule has 7 heteroatoms. The Bertz CT molecular complexity index is 523. The predicted molar refractivity (Wildman–Crippen MR) is 69.2 cm³/mol. The van der Waals surface area contributed by atoms with Gasteiger partial charge in [-0.2, -0.15) is 5.10 Å². The minimum Gasteiger partial charge on any atom is -0.480 e. The molecule has 90 valence electrons. The highest BCUT2D eigenvalue weighted by Crippen LogP contribution is 2.20. The molecule has 0 saturated heterocycles. The molecule has 0 amide bonds. The second-order valence-corrected chi connectivity index (χ2v) is 5.32.